The van der Waals surface area contributed by atoms with Gasteiger partial charge in [0.2, 0.25) is 0 Å². The molecule has 0 heterocycles. The molecule has 0 aromatic heterocycles. The molecule has 6 heteroatoms. The van der Waals surface area contributed by atoms with Crippen LogP contribution >= 0.6 is 0 Å². The third kappa shape index (κ3) is 3.98. The molecule has 0 spiro atoms. The van der Waals surface area contributed by atoms with E-state index in [2.05, 4.69) is 5.32 Å². The van der Waals surface area contributed by atoms with Crippen molar-refractivity contribution in [1.29, 1.82) is 0 Å². The molecular weight excluding hydrogens is 278 g/mol. The van der Waals surface area contributed by atoms with Crippen LogP contribution in [0.1, 0.15) is 11.1 Å². The fourth-order valence-corrected chi connectivity index (χ4v) is 2.06. The normalized spacial score (nSPS) is 10.4. The molecule has 0 aliphatic heterocycles. The number of aryl methyl sites for hydroxylation is 1. The highest BCUT2D eigenvalue weighted by molar-refractivity contribution is 5.55. The second-order valence-corrected chi connectivity index (χ2v) is 4.71. The van der Waals surface area contributed by atoms with Crippen molar-refractivity contribution in [2.75, 3.05) is 11.9 Å². The van der Waals surface area contributed by atoms with Gasteiger partial charge in [-0.2, -0.15) is 0 Å². The van der Waals surface area contributed by atoms with Crippen molar-refractivity contribution in [2.45, 2.75) is 13.3 Å². The second kappa shape index (κ2) is 6.30. The molecule has 2 aromatic rings. The summed E-state index contributed by atoms with van der Waals surface area (Å²) in [6.07, 6.45) is 0.450. The smallest absolute Gasteiger partial charge is 0.269 e. The summed E-state index contributed by atoms with van der Waals surface area (Å²) in [6.45, 7) is 2.23. The molecule has 2 aromatic carbocycles. The Bertz CT molecular complexity index is 654. The minimum absolute atomic E-state index is 0.0326. The molecule has 21 heavy (non-hydrogen) atoms. The molecule has 2 rings (SSSR count). The van der Waals surface area contributed by atoms with Crippen LogP contribution in [0, 0.1) is 28.7 Å². The van der Waals surface area contributed by atoms with Gasteiger partial charge in [0, 0.05) is 30.4 Å². The van der Waals surface area contributed by atoms with E-state index in [1.165, 1.54) is 24.3 Å². The van der Waals surface area contributed by atoms with Crippen molar-refractivity contribution in [2.24, 2.45) is 0 Å². The number of non-ortho nitro benzene ring substituents is 1. The number of nitro groups is 1. The molecule has 0 atom stereocenters. The lowest BCUT2D eigenvalue weighted by Crippen LogP contribution is -2.06. The van der Waals surface area contributed by atoms with E-state index in [1.54, 1.807) is 13.0 Å². The lowest BCUT2D eigenvalue weighted by molar-refractivity contribution is -0.384. The predicted molar refractivity (Wildman–Crippen MR) is 76.4 cm³/mol. The van der Waals surface area contributed by atoms with E-state index in [-0.39, 0.29) is 5.69 Å². The van der Waals surface area contributed by atoms with Gasteiger partial charge in [-0.15, -0.1) is 0 Å². The first-order chi connectivity index (χ1) is 9.95. The van der Waals surface area contributed by atoms with Gasteiger partial charge in [0.05, 0.1) is 4.92 Å². The van der Waals surface area contributed by atoms with Gasteiger partial charge >= 0.3 is 0 Å². The van der Waals surface area contributed by atoms with Crippen LogP contribution in [0.2, 0.25) is 0 Å². The van der Waals surface area contributed by atoms with E-state index in [1.807, 2.05) is 0 Å². The van der Waals surface area contributed by atoms with Crippen LogP contribution in [0.15, 0.2) is 36.4 Å². The van der Waals surface area contributed by atoms with Gasteiger partial charge in [0.1, 0.15) is 11.6 Å². The Balaban J connectivity index is 1.98. The zero-order chi connectivity index (χ0) is 15.4. The summed E-state index contributed by atoms with van der Waals surface area (Å²) in [4.78, 5) is 10.2. The Kier molecular flexibility index (Phi) is 4.47. The molecule has 0 saturated heterocycles. The standard InChI is InChI=1S/C15H14F2N2O2/c1-10-6-14(19(20)21)2-3-15(10)18-5-4-11-7-12(16)9-13(17)8-11/h2-3,6-9,18H,4-5H2,1H3. The average Bonchev–Trinajstić information content (AvgIpc) is 2.39. The number of nitrogens with one attached hydrogen (secondary N) is 1. The molecule has 0 unspecified atom stereocenters. The third-order valence-electron chi connectivity index (χ3n) is 3.07. The topological polar surface area (TPSA) is 55.2 Å². The van der Waals surface area contributed by atoms with Gasteiger partial charge in [-0.1, -0.05) is 0 Å². The maximum absolute atomic E-state index is 13.0. The molecule has 0 aliphatic carbocycles. The Morgan fingerprint density at radius 2 is 1.81 bits per heavy atom. The van der Waals surface area contributed by atoms with Crippen molar-refractivity contribution >= 4 is 11.4 Å². The van der Waals surface area contributed by atoms with E-state index >= 15 is 0 Å². The van der Waals surface area contributed by atoms with Gasteiger partial charge in [0.25, 0.3) is 5.69 Å². The minimum atomic E-state index is -0.600. The van der Waals surface area contributed by atoms with Gasteiger partial charge in [-0.05, 0) is 42.7 Å². The highest BCUT2D eigenvalue weighted by Crippen LogP contribution is 2.21. The SMILES string of the molecule is Cc1cc([N+](=O)[O-])ccc1NCCc1cc(F)cc(F)c1. The van der Waals surface area contributed by atoms with Crippen molar-refractivity contribution in [3.05, 3.63) is 69.3 Å². The number of nitro benzene ring substituents is 1. The Morgan fingerprint density at radius 3 is 2.38 bits per heavy atom. The summed E-state index contributed by atoms with van der Waals surface area (Å²) < 4.78 is 26.1. The molecule has 0 radical (unpaired) electrons. The monoisotopic (exact) mass is 292 g/mol. The quantitative estimate of drug-likeness (QED) is 0.673. The van der Waals surface area contributed by atoms with Gasteiger partial charge in [0.15, 0.2) is 0 Å². The van der Waals surface area contributed by atoms with Crippen LogP contribution in [0.3, 0.4) is 0 Å². The van der Waals surface area contributed by atoms with Crippen LogP contribution in [-0.4, -0.2) is 11.5 Å². The van der Waals surface area contributed by atoms with Crippen LogP contribution in [-0.2, 0) is 6.42 Å². The van der Waals surface area contributed by atoms with E-state index < -0.39 is 16.6 Å². The molecule has 0 bridgehead atoms. The van der Waals surface area contributed by atoms with E-state index in [4.69, 9.17) is 0 Å². The first-order valence-corrected chi connectivity index (χ1v) is 6.39. The van der Waals surface area contributed by atoms with Crippen molar-refractivity contribution in [3.8, 4) is 0 Å². The van der Waals surface area contributed by atoms with Gasteiger partial charge in [-0.25, -0.2) is 8.78 Å². The number of rotatable bonds is 5. The second-order valence-electron chi connectivity index (χ2n) is 4.71. The summed E-state index contributed by atoms with van der Waals surface area (Å²) in [5, 5.41) is 13.7. The fourth-order valence-electron chi connectivity index (χ4n) is 2.06. The number of anilines is 1. The molecule has 1 N–H and O–H groups in total. The number of benzene rings is 2. The molecule has 110 valence electrons. The van der Waals surface area contributed by atoms with Crippen LogP contribution in [0.4, 0.5) is 20.2 Å². The summed E-state index contributed by atoms with van der Waals surface area (Å²) in [7, 11) is 0. The van der Waals surface area contributed by atoms with Crippen LogP contribution in [0.25, 0.3) is 0 Å². The van der Waals surface area contributed by atoms with Crippen molar-refractivity contribution < 1.29 is 13.7 Å². The molecule has 0 fully saturated rings. The first-order valence-electron chi connectivity index (χ1n) is 6.39. The summed E-state index contributed by atoms with van der Waals surface area (Å²) in [5.74, 6) is -1.20. The Morgan fingerprint density at radius 1 is 1.14 bits per heavy atom. The zero-order valence-corrected chi connectivity index (χ0v) is 11.4. The molecule has 0 amide bonds. The van der Waals surface area contributed by atoms with Crippen LogP contribution < -0.4 is 5.32 Å². The van der Waals surface area contributed by atoms with E-state index in [0.29, 0.717) is 18.5 Å². The maximum Gasteiger partial charge on any atom is 0.269 e. The zero-order valence-electron chi connectivity index (χ0n) is 11.4. The third-order valence-corrected chi connectivity index (χ3v) is 3.07. The van der Waals surface area contributed by atoms with Gasteiger partial charge in [-0.3, -0.25) is 10.1 Å². The first kappa shape index (κ1) is 14.9. The summed E-state index contributed by atoms with van der Waals surface area (Å²) in [6, 6.07) is 7.92. The molecule has 0 aliphatic rings. The lowest BCUT2D eigenvalue weighted by Gasteiger charge is -2.09. The Hall–Kier alpha value is -2.50. The van der Waals surface area contributed by atoms with Crippen molar-refractivity contribution in [1.82, 2.24) is 0 Å². The Labute approximate surface area is 120 Å². The van der Waals surface area contributed by atoms with E-state index in [0.717, 1.165) is 17.3 Å². The molecule has 0 saturated carbocycles. The lowest BCUT2D eigenvalue weighted by atomic mass is 10.1. The molecule has 4 nitrogen and oxygen atoms in total. The van der Waals surface area contributed by atoms with E-state index in [9.17, 15) is 18.9 Å². The highest BCUT2D eigenvalue weighted by atomic mass is 19.1. The largest absolute Gasteiger partial charge is 0.384 e. The minimum Gasteiger partial charge on any atom is -0.384 e. The predicted octanol–water partition coefficient (Wildman–Crippen LogP) is 3.84. The van der Waals surface area contributed by atoms with Gasteiger partial charge < -0.3 is 5.32 Å². The summed E-state index contributed by atoms with van der Waals surface area (Å²) >= 11 is 0. The number of hydrogen-bond acceptors (Lipinski definition) is 3. The average molecular weight is 292 g/mol. The molecular formula is C15H14F2N2O2. The fraction of sp³-hybridized carbons (Fsp3) is 0.200. The summed E-state index contributed by atoms with van der Waals surface area (Å²) in [5.41, 5.74) is 2.09. The van der Waals surface area contributed by atoms with Crippen LogP contribution in [0.5, 0.6) is 0 Å². The van der Waals surface area contributed by atoms with Crippen molar-refractivity contribution in [3.63, 3.8) is 0 Å². The number of nitrogens with zero attached hydrogens (tertiary/aromatic N) is 1. The number of hydrogen-bond donors (Lipinski definition) is 1. The maximum atomic E-state index is 13.0. The number of halogens is 2. The highest BCUT2D eigenvalue weighted by Gasteiger charge is 2.07.